The minimum Gasteiger partial charge on any atom is -0.504 e. The number of Topliss-reactive ketones (excluding diaryl/α,β-unsaturated/α-hetero) is 1. The number of halogens is 1. The molecule has 172 valence electrons. The van der Waals surface area contributed by atoms with Crippen LogP contribution in [0.15, 0.2) is 58.2 Å². The summed E-state index contributed by atoms with van der Waals surface area (Å²) in [4.78, 5) is 27.8. The highest BCUT2D eigenvalue weighted by molar-refractivity contribution is 6.31. The van der Waals surface area contributed by atoms with Gasteiger partial charge in [0.25, 0.3) is 5.91 Å². The monoisotopic (exact) mass is 471 g/mol. The van der Waals surface area contributed by atoms with Gasteiger partial charge in [-0.25, -0.2) is 0 Å². The number of fused-ring (bicyclic) bond motifs is 1. The number of ether oxygens (including phenoxy) is 2. The van der Waals surface area contributed by atoms with Gasteiger partial charge in [-0.3, -0.25) is 9.59 Å². The third-order valence-electron chi connectivity index (χ3n) is 5.52. The maximum atomic E-state index is 13.5. The SMILES string of the molecule is COCCCN1C(=O)C(O)=C(C(=O)c2cc3cc(Cl)ccc3o2)C1c1ccc(OC)c(O)c1. The molecule has 3 aromatic rings. The van der Waals surface area contributed by atoms with Gasteiger partial charge in [-0.15, -0.1) is 0 Å². The summed E-state index contributed by atoms with van der Waals surface area (Å²) in [5.74, 6) is -1.93. The number of carbonyl (C=O) groups excluding carboxylic acids is 2. The third-order valence-corrected chi connectivity index (χ3v) is 5.75. The lowest BCUT2D eigenvalue weighted by Crippen LogP contribution is -2.32. The predicted octanol–water partition coefficient (Wildman–Crippen LogP) is 4.42. The summed E-state index contributed by atoms with van der Waals surface area (Å²) < 4.78 is 15.9. The van der Waals surface area contributed by atoms with E-state index in [0.29, 0.717) is 34.6 Å². The normalized spacial score (nSPS) is 16.2. The van der Waals surface area contributed by atoms with E-state index in [-0.39, 0.29) is 29.4 Å². The van der Waals surface area contributed by atoms with E-state index in [1.807, 2.05) is 0 Å². The zero-order valence-electron chi connectivity index (χ0n) is 18.0. The minimum absolute atomic E-state index is 0.0388. The molecule has 1 unspecified atom stereocenters. The fraction of sp³-hybridized carbons (Fsp3) is 0.250. The Labute approximate surface area is 194 Å². The molecule has 1 aromatic heterocycles. The van der Waals surface area contributed by atoms with E-state index in [2.05, 4.69) is 0 Å². The van der Waals surface area contributed by atoms with Gasteiger partial charge in [0.2, 0.25) is 5.78 Å². The van der Waals surface area contributed by atoms with E-state index in [0.717, 1.165) is 0 Å². The molecule has 1 aliphatic rings. The fourth-order valence-corrected chi connectivity index (χ4v) is 4.16. The number of carbonyl (C=O) groups is 2. The van der Waals surface area contributed by atoms with Gasteiger partial charge >= 0.3 is 0 Å². The average Bonchev–Trinajstić information content (AvgIpc) is 3.32. The molecule has 1 aliphatic heterocycles. The Morgan fingerprint density at radius 3 is 2.64 bits per heavy atom. The van der Waals surface area contributed by atoms with E-state index < -0.39 is 23.5 Å². The topological polar surface area (TPSA) is 109 Å². The summed E-state index contributed by atoms with van der Waals surface area (Å²) in [6.45, 7) is 0.611. The molecule has 0 spiro atoms. The van der Waals surface area contributed by atoms with E-state index in [4.69, 9.17) is 25.5 Å². The van der Waals surface area contributed by atoms with Gasteiger partial charge in [-0.05, 0) is 48.4 Å². The number of rotatable bonds is 8. The van der Waals surface area contributed by atoms with Crippen LogP contribution in [0.2, 0.25) is 5.02 Å². The molecule has 8 nitrogen and oxygen atoms in total. The molecule has 2 N–H and O–H groups in total. The van der Waals surface area contributed by atoms with Gasteiger partial charge < -0.3 is 29.0 Å². The molecule has 1 amide bonds. The Morgan fingerprint density at radius 2 is 1.94 bits per heavy atom. The van der Waals surface area contributed by atoms with Gasteiger partial charge in [-0.2, -0.15) is 0 Å². The molecular weight excluding hydrogens is 450 g/mol. The Bertz CT molecular complexity index is 1260. The van der Waals surface area contributed by atoms with Crippen LogP contribution in [0.1, 0.15) is 28.6 Å². The molecule has 1 atom stereocenters. The fourth-order valence-electron chi connectivity index (χ4n) is 3.98. The van der Waals surface area contributed by atoms with Crippen molar-refractivity contribution < 1.29 is 33.7 Å². The number of phenols is 1. The molecule has 0 fully saturated rings. The molecule has 4 rings (SSSR count). The number of methoxy groups -OCH3 is 2. The second-order valence-corrected chi connectivity index (χ2v) is 8.00. The average molecular weight is 472 g/mol. The number of hydrogen-bond donors (Lipinski definition) is 2. The molecule has 0 radical (unpaired) electrons. The molecule has 9 heteroatoms. The number of furan rings is 1. The number of aliphatic hydroxyl groups is 1. The van der Waals surface area contributed by atoms with E-state index in [1.54, 1.807) is 31.4 Å². The van der Waals surface area contributed by atoms with Crippen molar-refractivity contribution in [3.05, 3.63) is 70.1 Å². The number of hydrogen-bond acceptors (Lipinski definition) is 7. The van der Waals surface area contributed by atoms with Gasteiger partial charge in [0.15, 0.2) is 23.0 Å². The Morgan fingerprint density at radius 1 is 1.15 bits per heavy atom. The van der Waals surface area contributed by atoms with Crippen LogP contribution in [0.3, 0.4) is 0 Å². The summed E-state index contributed by atoms with van der Waals surface area (Å²) in [5, 5.41) is 22.1. The van der Waals surface area contributed by atoms with E-state index >= 15 is 0 Å². The number of aromatic hydroxyl groups is 1. The summed E-state index contributed by atoms with van der Waals surface area (Å²) in [5.41, 5.74) is 0.750. The Hall–Kier alpha value is -3.49. The molecular formula is C24H22ClNO7. The lowest BCUT2D eigenvalue weighted by Gasteiger charge is -2.27. The van der Waals surface area contributed by atoms with Crippen LogP contribution in [-0.2, 0) is 9.53 Å². The van der Waals surface area contributed by atoms with Crippen molar-refractivity contribution in [1.82, 2.24) is 4.90 Å². The molecule has 0 aliphatic carbocycles. The smallest absolute Gasteiger partial charge is 0.290 e. The maximum absolute atomic E-state index is 13.5. The maximum Gasteiger partial charge on any atom is 0.290 e. The van der Waals surface area contributed by atoms with Crippen LogP contribution >= 0.6 is 11.6 Å². The summed E-state index contributed by atoms with van der Waals surface area (Å²) in [7, 11) is 2.96. The molecule has 2 aromatic carbocycles. The number of aliphatic hydroxyl groups excluding tert-OH is 1. The largest absolute Gasteiger partial charge is 0.504 e. The standard InChI is InChI=1S/C24H22ClNO7/c1-31-9-3-8-26-21(13-4-6-18(32-2)16(27)11-13)20(23(29)24(26)30)22(28)19-12-14-10-15(25)5-7-17(14)33-19/h4-7,10-12,21,27,29H,3,8-9H2,1-2H3. The number of ketones is 1. The van der Waals surface area contributed by atoms with Gasteiger partial charge in [0.1, 0.15) is 5.58 Å². The van der Waals surface area contributed by atoms with E-state index in [9.17, 15) is 19.8 Å². The third kappa shape index (κ3) is 4.15. The van der Waals surface area contributed by atoms with E-state index in [1.165, 1.54) is 30.2 Å². The first kappa shape index (κ1) is 22.7. The molecule has 0 saturated heterocycles. The molecule has 0 bridgehead atoms. The van der Waals surface area contributed by atoms with Gasteiger partial charge in [0, 0.05) is 30.7 Å². The van der Waals surface area contributed by atoms with Crippen LogP contribution in [0.4, 0.5) is 0 Å². The van der Waals surface area contributed by atoms with Crippen LogP contribution in [0, 0.1) is 0 Å². The highest BCUT2D eigenvalue weighted by Gasteiger charge is 2.44. The predicted molar refractivity (Wildman–Crippen MR) is 121 cm³/mol. The molecule has 33 heavy (non-hydrogen) atoms. The number of nitrogens with zero attached hydrogens (tertiary/aromatic N) is 1. The lowest BCUT2D eigenvalue weighted by molar-refractivity contribution is -0.129. The van der Waals surface area contributed by atoms with Crippen LogP contribution in [-0.4, -0.2) is 54.2 Å². The van der Waals surface area contributed by atoms with Crippen molar-refractivity contribution in [1.29, 1.82) is 0 Å². The van der Waals surface area contributed by atoms with Crippen molar-refractivity contribution in [2.24, 2.45) is 0 Å². The van der Waals surface area contributed by atoms with Crippen molar-refractivity contribution in [3.8, 4) is 11.5 Å². The highest BCUT2D eigenvalue weighted by Crippen LogP contribution is 2.42. The number of phenolic OH excluding ortho intramolecular Hbond substituents is 1. The quantitative estimate of drug-likeness (QED) is 0.369. The first-order valence-corrected chi connectivity index (χ1v) is 10.6. The first-order chi connectivity index (χ1) is 15.8. The minimum atomic E-state index is -0.935. The Kier molecular flexibility index (Phi) is 6.31. The number of amides is 1. The summed E-state index contributed by atoms with van der Waals surface area (Å²) >= 11 is 6.03. The summed E-state index contributed by atoms with van der Waals surface area (Å²) in [6, 6.07) is 10.1. The Balaban J connectivity index is 1.79. The first-order valence-electron chi connectivity index (χ1n) is 10.2. The summed E-state index contributed by atoms with van der Waals surface area (Å²) in [6.07, 6.45) is 0.485. The van der Waals surface area contributed by atoms with Crippen molar-refractivity contribution in [2.45, 2.75) is 12.5 Å². The van der Waals surface area contributed by atoms with Crippen LogP contribution < -0.4 is 4.74 Å². The van der Waals surface area contributed by atoms with Crippen molar-refractivity contribution >= 4 is 34.3 Å². The highest BCUT2D eigenvalue weighted by atomic mass is 35.5. The van der Waals surface area contributed by atoms with Crippen LogP contribution in [0.5, 0.6) is 11.5 Å². The zero-order valence-corrected chi connectivity index (χ0v) is 18.8. The van der Waals surface area contributed by atoms with Gasteiger partial charge in [-0.1, -0.05) is 17.7 Å². The lowest BCUT2D eigenvalue weighted by atomic mass is 9.94. The zero-order chi connectivity index (χ0) is 23.7. The van der Waals surface area contributed by atoms with Crippen molar-refractivity contribution in [2.75, 3.05) is 27.4 Å². The molecule has 0 saturated carbocycles. The van der Waals surface area contributed by atoms with Gasteiger partial charge in [0.05, 0.1) is 18.7 Å². The number of benzene rings is 2. The van der Waals surface area contributed by atoms with Crippen LogP contribution in [0.25, 0.3) is 11.0 Å². The second-order valence-electron chi connectivity index (χ2n) is 7.56. The van der Waals surface area contributed by atoms with Crippen molar-refractivity contribution in [3.63, 3.8) is 0 Å². The molecule has 2 heterocycles. The second kappa shape index (κ2) is 9.17.